The summed E-state index contributed by atoms with van der Waals surface area (Å²) in [5.41, 5.74) is 2.67. The van der Waals surface area contributed by atoms with Crippen LogP contribution in [0.3, 0.4) is 0 Å². The molecule has 0 unspecified atom stereocenters. The van der Waals surface area contributed by atoms with Crippen molar-refractivity contribution in [2.45, 2.75) is 11.4 Å². The second-order valence-corrected chi connectivity index (χ2v) is 9.55. The minimum atomic E-state index is -3.85. The van der Waals surface area contributed by atoms with Crippen LogP contribution in [0.15, 0.2) is 102 Å². The monoisotopic (exact) mass is 484 g/mol. The average molecular weight is 485 g/mol. The summed E-state index contributed by atoms with van der Waals surface area (Å²) in [6.45, 7) is 0.443. The summed E-state index contributed by atoms with van der Waals surface area (Å²) < 4.78 is 30.6. The van der Waals surface area contributed by atoms with Crippen LogP contribution in [-0.4, -0.2) is 34.0 Å². The molecular weight excluding hydrogens is 464 g/mol. The highest BCUT2D eigenvalue weighted by Gasteiger charge is 2.18. The SMILES string of the molecule is O=C(O)c1cccc(Cn2ccnc2-c2ccc(NS(=O)(=O)c3cccc4cccnc34)cc2)c1. The molecule has 0 aliphatic heterocycles. The fourth-order valence-electron chi connectivity index (χ4n) is 3.89. The number of carboxylic acid groups (broad SMARTS) is 1. The molecule has 2 N–H and O–H groups in total. The standard InChI is InChI=1S/C26H20N4O4S/c31-26(32)21-6-1-4-18(16-21)17-30-15-14-28-25(30)20-9-11-22(12-10-20)29-35(33,34)23-8-2-5-19-7-3-13-27-24(19)23/h1-16,29H,17H2,(H,31,32). The number of aromatic nitrogens is 3. The molecule has 0 aliphatic carbocycles. The molecule has 0 bridgehead atoms. The van der Waals surface area contributed by atoms with Gasteiger partial charge in [0.1, 0.15) is 10.7 Å². The number of pyridine rings is 1. The Morgan fingerprint density at radius 1 is 0.914 bits per heavy atom. The molecule has 0 spiro atoms. The highest BCUT2D eigenvalue weighted by atomic mass is 32.2. The minimum Gasteiger partial charge on any atom is -0.478 e. The molecule has 5 rings (SSSR count). The van der Waals surface area contributed by atoms with Crippen molar-refractivity contribution >= 4 is 32.6 Å². The van der Waals surface area contributed by atoms with E-state index in [-0.39, 0.29) is 10.5 Å². The fraction of sp³-hybridized carbons (Fsp3) is 0.0385. The Balaban J connectivity index is 1.38. The van der Waals surface area contributed by atoms with Gasteiger partial charge in [0.2, 0.25) is 0 Å². The molecule has 0 amide bonds. The van der Waals surface area contributed by atoms with Gasteiger partial charge in [-0.25, -0.2) is 18.2 Å². The lowest BCUT2D eigenvalue weighted by atomic mass is 10.1. The van der Waals surface area contributed by atoms with Crippen LogP contribution >= 0.6 is 0 Å². The van der Waals surface area contributed by atoms with Crippen molar-refractivity contribution in [1.82, 2.24) is 14.5 Å². The van der Waals surface area contributed by atoms with E-state index in [2.05, 4.69) is 14.7 Å². The van der Waals surface area contributed by atoms with Gasteiger partial charge >= 0.3 is 5.97 Å². The van der Waals surface area contributed by atoms with E-state index in [4.69, 9.17) is 0 Å². The largest absolute Gasteiger partial charge is 0.478 e. The number of hydrogen-bond donors (Lipinski definition) is 2. The van der Waals surface area contributed by atoms with Crippen molar-refractivity contribution in [3.8, 4) is 11.4 Å². The third-order valence-corrected chi connectivity index (χ3v) is 6.94. The van der Waals surface area contributed by atoms with E-state index in [0.29, 0.717) is 23.6 Å². The van der Waals surface area contributed by atoms with Crippen molar-refractivity contribution in [1.29, 1.82) is 0 Å². The first-order valence-electron chi connectivity index (χ1n) is 10.7. The van der Waals surface area contributed by atoms with Crippen LogP contribution in [0.1, 0.15) is 15.9 Å². The summed E-state index contributed by atoms with van der Waals surface area (Å²) in [5.74, 6) is -0.298. The molecule has 0 saturated carbocycles. The summed E-state index contributed by atoms with van der Waals surface area (Å²) in [6.07, 6.45) is 5.05. The molecule has 2 heterocycles. The first kappa shape index (κ1) is 22.3. The maximum atomic E-state index is 13.1. The van der Waals surface area contributed by atoms with Crippen LogP contribution in [0, 0.1) is 0 Å². The molecule has 0 saturated heterocycles. The van der Waals surface area contributed by atoms with Crippen LogP contribution in [0.25, 0.3) is 22.3 Å². The molecule has 0 atom stereocenters. The number of fused-ring (bicyclic) bond motifs is 1. The molecule has 3 aromatic carbocycles. The number of imidazole rings is 1. The summed E-state index contributed by atoms with van der Waals surface area (Å²) in [6, 6.07) is 22.3. The third kappa shape index (κ3) is 4.62. The number of hydrogen-bond acceptors (Lipinski definition) is 5. The predicted octanol–water partition coefficient (Wildman–Crippen LogP) is 4.65. The van der Waals surface area contributed by atoms with Gasteiger partial charge in [0.15, 0.2) is 0 Å². The van der Waals surface area contributed by atoms with Crippen molar-refractivity contribution in [3.05, 3.63) is 109 Å². The second-order valence-electron chi connectivity index (χ2n) is 7.90. The van der Waals surface area contributed by atoms with Gasteiger partial charge in [0.05, 0.1) is 11.1 Å². The molecule has 2 aromatic heterocycles. The number of carboxylic acids is 1. The summed E-state index contributed by atoms with van der Waals surface area (Å²) in [4.78, 5) is 20.0. The van der Waals surface area contributed by atoms with E-state index < -0.39 is 16.0 Å². The Morgan fingerprint density at radius 2 is 1.69 bits per heavy atom. The smallest absolute Gasteiger partial charge is 0.335 e. The number of sulfonamides is 1. The molecule has 174 valence electrons. The van der Waals surface area contributed by atoms with Crippen molar-refractivity contribution < 1.29 is 18.3 Å². The maximum absolute atomic E-state index is 13.1. The summed E-state index contributed by atoms with van der Waals surface area (Å²) in [7, 11) is -3.85. The van der Waals surface area contributed by atoms with Gasteiger partial charge in [-0.3, -0.25) is 9.71 Å². The van der Waals surface area contributed by atoms with Gasteiger partial charge in [-0.2, -0.15) is 0 Å². The minimum absolute atomic E-state index is 0.110. The first-order valence-corrected chi connectivity index (χ1v) is 12.2. The lowest BCUT2D eigenvalue weighted by Crippen LogP contribution is -2.13. The van der Waals surface area contributed by atoms with Crippen molar-refractivity contribution in [2.75, 3.05) is 4.72 Å². The van der Waals surface area contributed by atoms with E-state index in [0.717, 1.165) is 16.5 Å². The summed E-state index contributed by atoms with van der Waals surface area (Å²) >= 11 is 0. The van der Waals surface area contributed by atoms with E-state index in [1.807, 2.05) is 29.0 Å². The quantitative estimate of drug-likeness (QED) is 0.348. The average Bonchev–Trinajstić information content (AvgIpc) is 3.32. The molecule has 8 nitrogen and oxygen atoms in total. The lowest BCUT2D eigenvalue weighted by molar-refractivity contribution is 0.0696. The lowest BCUT2D eigenvalue weighted by Gasteiger charge is -2.12. The Hall–Kier alpha value is -4.50. The van der Waals surface area contributed by atoms with Gasteiger partial charge in [-0.15, -0.1) is 0 Å². The highest BCUT2D eigenvalue weighted by Crippen LogP contribution is 2.25. The number of aromatic carboxylic acids is 1. The molecule has 9 heteroatoms. The Kier molecular flexibility index (Phi) is 5.76. The molecule has 5 aromatic rings. The fourth-order valence-corrected chi connectivity index (χ4v) is 5.13. The van der Waals surface area contributed by atoms with Crippen molar-refractivity contribution in [2.24, 2.45) is 0 Å². The van der Waals surface area contributed by atoms with E-state index in [9.17, 15) is 18.3 Å². The van der Waals surface area contributed by atoms with Gasteiger partial charge in [0, 0.05) is 41.8 Å². The number of nitrogens with one attached hydrogen (secondary N) is 1. The number of rotatable bonds is 7. The maximum Gasteiger partial charge on any atom is 0.335 e. The zero-order valence-corrected chi connectivity index (χ0v) is 19.2. The van der Waals surface area contributed by atoms with Gasteiger partial charge in [-0.05, 0) is 54.1 Å². The first-order chi connectivity index (χ1) is 16.9. The number of carbonyl (C=O) groups is 1. The number of benzene rings is 3. The van der Waals surface area contributed by atoms with E-state index >= 15 is 0 Å². The predicted molar refractivity (Wildman–Crippen MR) is 133 cm³/mol. The third-order valence-electron chi connectivity index (χ3n) is 5.52. The molecule has 0 aliphatic rings. The molecule has 0 fully saturated rings. The van der Waals surface area contributed by atoms with Crippen LogP contribution in [0.4, 0.5) is 5.69 Å². The van der Waals surface area contributed by atoms with Crippen LogP contribution in [0.2, 0.25) is 0 Å². The van der Waals surface area contributed by atoms with Crippen LogP contribution in [-0.2, 0) is 16.6 Å². The molecule has 35 heavy (non-hydrogen) atoms. The van der Waals surface area contributed by atoms with E-state index in [1.54, 1.807) is 67.0 Å². The Bertz CT molecular complexity index is 1640. The van der Waals surface area contributed by atoms with Gasteiger partial charge < -0.3 is 9.67 Å². The van der Waals surface area contributed by atoms with Crippen molar-refractivity contribution in [3.63, 3.8) is 0 Å². The zero-order chi connectivity index (χ0) is 24.4. The number of anilines is 1. The Morgan fingerprint density at radius 3 is 2.49 bits per heavy atom. The topological polar surface area (TPSA) is 114 Å². The van der Waals surface area contributed by atoms with E-state index in [1.165, 1.54) is 6.07 Å². The highest BCUT2D eigenvalue weighted by molar-refractivity contribution is 7.93. The number of para-hydroxylation sites is 1. The molecule has 0 radical (unpaired) electrons. The van der Waals surface area contributed by atoms with Crippen LogP contribution < -0.4 is 4.72 Å². The Labute approximate surface area is 201 Å². The van der Waals surface area contributed by atoms with Gasteiger partial charge in [-0.1, -0.05) is 30.3 Å². The number of nitrogens with zero attached hydrogens (tertiary/aromatic N) is 3. The zero-order valence-electron chi connectivity index (χ0n) is 18.4. The van der Waals surface area contributed by atoms with Gasteiger partial charge in [0.25, 0.3) is 10.0 Å². The summed E-state index contributed by atoms with van der Waals surface area (Å²) in [5, 5.41) is 9.97. The van der Waals surface area contributed by atoms with Crippen LogP contribution in [0.5, 0.6) is 0 Å². The normalized spacial score (nSPS) is 11.4. The molecular formula is C26H20N4O4S. The second kappa shape index (κ2) is 9.03.